The number of carbonyl (C=O) groups is 2. The van der Waals surface area contributed by atoms with Crippen molar-refractivity contribution >= 4 is 11.8 Å². The van der Waals surface area contributed by atoms with E-state index in [1.54, 1.807) is 11.9 Å². The Kier molecular flexibility index (Phi) is 5.51. The van der Waals surface area contributed by atoms with Crippen molar-refractivity contribution in [3.8, 4) is 0 Å². The van der Waals surface area contributed by atoms with Crippen molar-refractivity contribution < 1.29 is 9.59 Å². The van der Waals surface area contributed by atoms with E-state index in [2.05, 4.69) is 5.32 Å². The lowest BCUT2D eigenvalue weighted by Gasteiger charge is -2.25. The first-order chi connectivity index (χ1) is 8.91. The molecule has 0 saturated carbocycles. The molecule has 104 valence electrons. The highest BCUT2D eigenvalue weighted by Crippen LogP contribution is 2.18. The highest BCUT2D eigenvalue weighted by Gasteiger charge is 2.24. The predicted molar refractivity (Wildman–Crippen MR) is 74.3 cm³/mol. The lowest BCUT2D eigenvalue weighted by molar-refractivity contribution is -0.126. The Labute approximate surface area is 113 Å². The monoisotopic (exact) mass is 263 g/mol. The Balaban J connectivity index is 2.78. The van der Waals surface area contributed by atoms with Gasteiger partial charge >= 0.3 is 0 Å². The van der Waals surface area contributed by atoms with Crippen molar-refractivity contribution in [1.29, 1.82) is 0 Å². The Bertz CT molecular complexity index is 432. The molecule has 0 saturated heterocycles. The summed E-state index contributed by atoms with van der Waals surface area (Å²) in [6, 6.07) is 8.68. The van der Waals surface area contributed by atoms with E-state index in [-0.39, 0.29) is 18.5 Å². The van der Waals surface area contributed by atoms with Crippen LogP contribution in [0.4, 0.5) is 0 Å². The van der Waals surface area contributed by atoms with Crippen LogP contribution >= 0.6 is 0 Å². The maximum Gasteiger partial charge on any atom is 0.239 e. The molecule has 19 heavy (non-hydrogen) atoms. The van der Waals surface area contributed by atoms with Gasteiger partial charge in [-0.15, -0.1) is 0 Å². The zero-order chi connectivity index (χ0) is 14.4. The van der Waals surface area contributed by atoms with Gasteiger partial charge < -0.3 is 11.1 Å². The summed E-state index contributed by atoms with van der Waals surface area (Å²) in [7, 11) is 1.71. The second kappa shape index (κ2) is 6.89. The van der Waals surface area contributed by atoms with Crippen LogP contribution in [0.3, 0.4) is 0 Å². The number of primary amides is 1. The van der Waals surface area contributed by atoms with E-state index in [0.717, 1.165) is 5.56 Å². The molecule has 0 aliphatic carbocycles. The Hall–Kier alpha value is -1.88. The van der Waals surface area contributed by atoms with Crippen molar-refractivity contribution in [3.63, 3.8) is 0 Å². The SMILES string of the molecule is CC(C)NC(=O)CN(C)[C@@H](C(N)=O)c1ccccc1. The maximum absolute atomic E-state index is 11.7. The molecule has 1 atom stereocenters. The molecule has 0 unspecified atom stereocenters. The smallest absolute Gasteiger partial charge is 0.239 e. The van der Waals surface area contributed by atoms with Gasteiger partial charge in [0.1, 0.15) is 6.04 Å². The molecule has 5 heteroatoms. The largest absolute Gasteiger partial charge is 0.368 e. The molecule has 0 spiro atoms. The maximum atomic E-state index is 11.7. The first-order valence-electron chi connectivity index (χ1n) is 6.25. The third-order valence-corrected chi connectivity index (χ3v) is 2.67. The summed E-state index contributed by atoms with van der Waals surface area (Å²) in [4.78, 5) is 25.0. The molecular formula is C14H21N3O2. The van der Waals surface area contributed by atoms with Crippen LogP contribution in [-0.2, 0) is 9.59 Å². The minimum absolute atomic E-state index is 0.0738. The molecule has 0 heterocycles. The van der Waals surface area contributed by atoms with E-state index < -0.39 is 11.9 Å². The summed E-state index contributed by atoms with van der Waals surface area (Å²) in [5.74, 6) is -0.592. The van der Waals surface area contributed by atoms with Crippen molar-refractivity contribution in [1.82, 2.24) is 10.2 Å². The molecule has 0 aliphatic rings. The van der Waals surface area contributed by atoms with Gasteiger partial charge in [-0.05, 0) is 26.5 Å². The van der Waals surface area contributed by atoms with Crippen LogP contribution in [0.1, 0.15) is 25.5 Å². The fraction of sp³-hybridized carbons (Fsp3) is 0.429. The highest BCUT2D eigenvalue weighted by molar-refractivity contribution is 5.83. The van der Waals surface area contributed by atoms with Gasteiger partial charge in [0.2, 0.25) is 11.8 Å². The first kappa shape index (κ1) is 15.2. The highest BCUT2D eigenvalue weighted by atomic mass is 16.2. The number of nitrogens with one attached hydrogen (secondary N) is 1. The topological polar surface area (TPSA) is 75.4 Å². The summed E-state index contributed by atoms with van der Waals surface area (Å²) in [5, 5.41) is 2.79. The number of rotatable bonds is 6. The van der Waals surface area contributed by atoms with E-state index >= 15 is 0 Å². The zero-order valence-electron chi connectivity index (χ0n) is 11.6. The van der Waals surface area contributed by atoms with Crippen molar-refractivity contribution in [2.24, 2.45) is 5.73 Å². The van der Waals surface area contributed by atoms with Crippen molar-refractivity contribution in [2.45, 2.75) is 25.9 Å². The summed E-state index contributed by atoms with van der Waals surface area (Å²) in [5.41, 5.74) is 6.22. The van der Waals surface area contributed by atoms with Crippen molar-refractivity contribution in [3.05, 3.63) is 35.9 Å². The number of likely N-dealkylation sites (N-methyl/N-ethyl adjacent to an activating group) is 1. The van der Waals surface area contributed by atoms with E-state index in [0.29, 0.717) is 0 Å². The molecule has 1 aromatic rings. The predicted octanol–water partition coefficient (Wildman–Crippen LogP) is 0.669. The first-order valence-corrected chi connectivity index (χ1v) is 6.25. The fourth-order valence-electron chi connectivity index (χ4n) is 1.96. The second-order valence-corrected chi connectivity index (χ2v) is 4.85. The fourth-order valence-corrected chi connectivity index (χ4v) is 1.96. The zero-order valence-corrected chi connectivity index (χ0v) is 11.6. The number of nitrogens with two attached hydrogens (primary N) is 1. The van der Waals surface area contributed by atoms with Gasteiger partial charge in [-0.1, -0.05) is 30.3 Å². The van der Waals surface area contributed by atoms with Crippen molar-refractivity contribution in [2.75, 3.05) is 13.6 Å². The third kappa shape index (κ3) is 4.71. The minimum atomic E-state index is -0.598. The normalized spacial score (nSPS) is 12.5. The van der Waals surface area contributed by atoms with Gasteiger partial charge in [0, 0.05) is 6.04 Å². The summed E-state index contributed by atoms with van der Waals surface area (Å²) < 4.78 is 0. The van der Waals surface area contributed by atoms with E-state index in [9.17, 15) is 9.59 Å². The average molecular weight is 263 g/mol. The quantitative estimate of drug-likeness (QED) is 0.792. The number of amides is 2. The lowest BCUT2D eigenvalue weighted by Crippen LogP contribution is -2.43. The molecule has 0 aromatic heterocycles. The number of carbonyl (C=O) groups excluding carboxylic acids is 2. The number of hydrogen-bond donors (Lipinski definition) is 2. The number of nitrogens with zero attached hydrogens (tertiary/aromatic N) is 1. The van der Waals surface area contributed by atoms with E-state index in [1.807, 2.05) is 44.2 Å². The minimum Gasteiger partial charge on any atom is -0.368 e. The Morgan fingerprint density at radius 3 is 2.32 bits per heavy atom. The molecule has 0 radical (unpaired) electrons. The standard InChI is InChI=1S/C14H21N3O2/c1-10(2)16-12(18)9-17(3)13(14(15)19)11-7-5-4-6-8-11/h4-8,10,13H,9H2,1-3H3,(H2,15,19)(H,16,18)/t13-/m1/s1. The molecule has 2 amide bonds. The summed E-state index contributed by atoms with van der Waals surface area (Å²) >= 11 is 0. The van der Waals surface area contributed by atoms with Crippen LogP contribution < -0.4 is 11.1 Å². The van der Waals surface area contributed by atoms with Gasteiger partial charge in [-0.2, -0.15) is 0 Å². The Morgan fingerprint density at radius 2 is 1.84 bits per heavy atom. The molecule has 3 N–H and O–H groups in total. The average Bonchev–Trinajstić information content (AvgIpc) is 2.28. The number of benzene rings is 1. The van der Waals surface area contributed by atoms with Gasteiger partial charge in [0.15, 0.2) is 0 Å². The van der Waals surface area contributed by atoms with Gasteiger partial charge in [0.05, 0.1) is 6.54 Å². The van der Waals surface area contributed by atoms with Crippen LogP contribution in [0.2, 0.25) is 0 Å². The van der Waals surface area contributed by atoms with Gasteiger partial charge in [-0.3, -0.25) is 14.5 Å². The molecule has 1 aromatic carbocycles. The van der Waals surface area contributed by atoms with E-state index in [4.69, 9.17) is 5.73 Å². The van der Waals surface area contributed by atoms with Gasteiger partial charge in [-0.25, -0.2) is 0 Å². The second-order valence-electron chi connectivity index (χ2n) is 4.85. The third-order valence-electron chi connectivity index (χ3n) is 2.67. The molecule has 0 bridgehead atoms. The summed E-state index contributed by atoms with van der Waals surface area (Å²) in [6.45, 7) is 3.90. The lowest BCUT2D eigenvalue weighted by atomic mass is 10.1. The van der Waals surface area contributed by atoms with Crippen LogP contribution in [0.25, 0.3) is 0 Å². The Morgan fingerprint density at radius 1 is 1.26 bits per heavy atom. The van der Waals surface area contributed by atoms with Crippen LogP contribution in [0, 0.1) is 0 Å². The molecular weight excluding hydrogens is 242 g/mol. The molecule has 1 rings (SSSR count). The molecule has 5 nitrogen and oxygen atoms in total. The van der Waals surface area contributed by atoms with Crippen LogP contribution in [-0.4, -0.2) is 36.3 Å². The number of hydrogen-bond acceptors (Lipinski definition) is 3. The molecule has 0 fully saturated rings. The van der Waals surface area contributed by atoms with E-state index in [1.165, 1.54) is 0 Å². The van der Waals surface area contributed by atoms with Crippen LogP contribution in [0.5, 0.6) is 0 Å². The summed E-state index contributed by atoms with van der Waals surface area (Å²) in [6.07, 6.45) is 0. The van der Waals surface area contributed by atoms with Crippen LogP contribution in [0.15, 0.2) is 30.3 Å². The molecule has 0 aliphatic heterocycles. The van der Waals surface area contributed by atoms with Gasteiger partial charge in [0.25, 0.3) is 0 Å².